The molecule has 2 rings (SSSR count). The number of nitrogens with zero attached hydrogens (tertiary/aromatic N) is 1. The van der Waals surface area contributed by atoms with Crippen LogP contribution in [0.1, 0.15) is 32.1 Å². The van der Waals surface area contributed by atoms with Crippen molar-refractivity contribution in [1.82, 2.24) is 10.2 Å². The normalized spacial score (nSPS) is 36.6. The van der Waals surface area contributed by atoms with E-state index in [9.17, 15) is 5.11 Å². The fraction of sp³-hybridized carbons (Fsp3) is 1.00. The van der Waals surface area contributed by atoms with Gasteiger partial charge >= 0.3 is 0 Å². The van der Waals surface area contributed by atoms with Crippen LogP contribution < -0.4 is 5.32 Å². The summed E-state index contributed by atoms with van der Waals surface area (Å²) in [7, 11) is 0. The van der Waals surface area contributed by atoms with Crippen molar-refractivity contribution in [2.24, 2.45) is 0 Å². The second-order valence-corrected chi connectivity index (χ2v) is 4.62. The maximum atomic E-state index is 9.56. The maximum absolute atomic E-state index is 9.56. The first-order valence-electron chi connectivity index (χ1n) is 5.99. The molecule has 0 amide bonds. The van der Waals surface area contributed by atoms with Crippen LogP contribution in [0.2, 0.25) is 0 Å². The molecule has 2 atom stereocenters. The van der Waals surface area contributed by atoms with E-state index >= 15 is 0 Å². The van der Waals surface area contributed by atoms with Gasteiger partial charge < -0.3 is 10.4 Å². The van der Waals surface area contributed by atoms with E-state index in [4.69, 9.17) is 0 Å². The Hall–Kier alpha value is -0.120. The molecule has 2 N–H and O–H groups in total. The Kier molecular flexibility index (Phi) is 3.79. The zero-order valence-corrected chi connectivity index (χ0v) is 8.91. The molecular formula is C11H22N2O. The molecule has 3 nitrogen and oxygen atoms in total. The minimum atomic E-state index is -0.0449. The van der Waals surface area contributed by atoms with E-state index in [1.54, 1.807) is 0 Å². The summed E-state index contributed by atoms with van der Waals surface area (Å²) in [6.07, 6.45) is 5.73. The molecule has 2 unspecified atom stereocenters. The van der Waals surface area contributed by atoms with E-state index in [2.05, 4.69) is 10.2 Å². The molecule has 14 heavy (non-hydrogen) atoms. The van der Waals surface area contributed by atoms with Gasteiger partial charge in [0.1, 0.15) is 0 Å². The molecule has 0 bridgehead atoms. The molecule has 0 aromatic heterocycles. The summed E-state index contributed by atoms with van der Waals surface area (Å²) in [5.74, 6) is 0. The van der Waals surface area contributed by atoms with Crippen molar-refractivity contribution in [2.45, 2.75) is 44.2 Å². The van der Waals surface area contributed by atoms with Crippen LogP contribution in [-0.4, -0.2) is 48.3 Å². The van der Waals surface area contributed by atoms with Crippen LogP contribution in [0.5, 0.6) is 0 Å². The van der Waals surface area contributed by atoms with Crippen molar-refractivity contribution in [1.29, 1.82) is 0 Å². The van der Waals surface area contributed by atoms with Crippen LogP contribution >= 0.6 is 0 Å². The summed E-state index contributed by atoms with van der Waals surface area (Å²) in [5.41, 5.74) is 0. The molecule has 2 heterocycles. The lowest BCUT2D eigenvalue weighted by molar-refractivity contribution is 0.140. The number of piperidine rings is 1. The molecule has 2 aliphatic heterocycles. The van der Waals surface area contributed by atoms with E-state index in [-0.39, 0.29) is 6.10 Å². The monoisotopic (exact) mass is 198 g/mol. The van der Waals surface area contributed by atoms with Crippen molar-refractivity contribution in [3.63, 3.8) is 0 Å². The van der Waals surface area contributed by atoms with E-state index in [0.29, 0.717) is 0 Å². The minimum absolute atomic E-state index is 0.0449. The molecule has 0 spiro atoms. The lowest BCUT2D eigenvalue weighted by Gasteiger charge is -2.33. The highest BCUT2D eigenvalue weighted by molar-refractivity contribution is 4.80. The summed E-state index contributed by atoms with van der Waals surface area (Å²) < 4.78 is 0. The Morgan fingerprint density at radius 2 is 2.00 bits per heavy atom. The average Bonchev–Trinajstić information content (AvgIpc) is 2.44. The predicted octanol–water partition coefficient (Wildman–Crippen LogP) is 0.585. The van der Waals surface area contributed by atoms with Gasteiger partial charge in [0.25, 0.3) is 0 Å². The lowest BCUT2D eigenvalue weighted by Crippen LogP contribution is -2.46. The summed E-state index contributed by atoms with van der Waals surface area (Å²) in [6, 6.07) is 0.731. The first kappa shape index (κ1) is 10.4. The highest BCUT2D eigenvalue weighted by Crippen LogP contribution is 2.16. The third kappa shape index (κ3) is 2.69. The van der Waals surface area contributed by atoms with Gasteiger partial charge in [-0.05, 0) is 45.2 Å². The van der Waals surface area contributed by atoms with Crippen molar-refractivity contribution < 1.29 is 5.11 Å². The quantitative estimate of drug-likeness (QED) is 0.647. The molecule has 2 aliphatic rings. The summed E-state index contributed by atoms with van der Waals surface area (Å²) in [6.45, 7) is 4.61. The van der Waals surface area contributed by atoms with Crippen molar-refractivity contribution in [3.05, 3.63) is 0 Å². The lowest BCUT2D eigenvalue weighted by atomic mass is 10.1. The standard InChI is InChI=1S/C11H22N2O/c14-11-4-2-7-13(8-5-11)10-3-1-6-12-9-10/h10-12,14H,1-9H2. The smallest absolute Gasteiger partial charge is 0.0553 e. The molecule has 0 aromatic carbocycles. The first-order chi connectivity index (χ1) is 6.86. The number of aliphatic hydroxyl groups excluding tert-OH is 1. The van der Waals surface area contributed by atoms with Gasteiger partial charge in [-0.25, -0.2) is 0 Å². The first-order valence-corrected chi connectivity index (χ1v) is 5.99. The molecule has 0 saturated carbocycles. The van der Waals surface area contributed by atoms with Gasteiger partial charge in [0.15, 0.2) is 0 Å². The van der Waals surface area contributed by atoms with E-state index < -0.39 is 0 Å². The Morgan fingerprint density at radius 1 is 1.07 bits per heavy atom. The SMILES string of the molecule is OC1CCCN(C2CCCNC2)CC1. The second kappa shape index (κ2) is 5.10. The van der Waals surface area contributed by atoms with E-state index in [0.717, 1.165) is 38.4 Å². The second-order valence-electron chi connectivity index (χ2n) is 4.62. The highest BCUT2D eigenvalue weighted by atomic mass is 16.3. The highest BCUT2D eigenvalue weighted by Gasteiger charge is 2.23. The molecule has 0 aliphatic carbocycles. The van der Waals surface area contributed by atoms with E-state index in [1.807, 2.05) is 0 Å². The molecular weight excluding hydrogens is 176 g/mol. The number of nitrogens with one attached hydrogen (secondary N) is 1. The number of hydrogen-bond donors (Lipinski definition) is 2. The van der Waals surface area contributed by atoms with Gasteiger partial charge in [0.05, 0.1) is 6.10 Å². The number of hydrogen-bond acceptors (Lipinski definition) is 3. The number of aliphatic hydroxyl groups is 1. The number of rotatable bonds is 1. The fourth-order valence-electron chi connectivity index (χ4n) is 2.61. The van der Waals surface area contributed by atoms with Crippen molar-refractivity contribution in [2.75, 3.05) is 26.2 Å². The third-order valence-electron chi connectivity index (χ3n) is 3.52. The largest absolute Gasteiger partial charge is 0.393 e. The fourth-order valence-corrected chi connectivity index (χ4v) is 2.61. The van der Waals surface area contributed by atoms with Crippen LogP contribution in [0.25, 0.3) is 0 Å². The third-order valence-corrected chi connectivity index (χ3v) is 3.52. The minimum Gasteiger partial charge on any atom is -0.393 e. The number of likely N-dealkylation sites (tertiary alicyclic amines) is 1. The van der Waals surface area contributed by atoms with Crippen LogP contribution in [0.4, 0.5) is 0 Å². The summed E-state index contributed by atoms with van der Waals surface area (Å²) in [4.78, 5) is 2.57. The Morgan fingerprint density at radius 3 is 2.79 bits per heavy atom. The van der Waals surface area contributed by atoms with Gasteiger partial charge in [0.2, 0.25) is 0 Å². The van der Waals surface area contributed by atoms with Crippen molar-refractivity contribution >= 4 is 0 Å². The van der Waals surface area contributed by atoms with Gasteiger partial charge in [-0.15, -0.1) is 0 Å². The Labute approximate surface area is 86.5 Å². The van der Waals surface area contributed by atoms with Crippen molar-refractivity contribution in [3.8, 4) is 0 Å². The van der Waals surface area contributed by atoms with Gasteiger partial charge in [-0.3, -0.25) is 4.90 Å². The van der Waals surface area contributed by atoms with E-state index in [1.165, 1.54) is 25.9 Å². The molecule has 0 radical (unpaired) electrons. The van der Waals surface area contributed by atoms with Crippen LogP contribution in [0.15, 0.2) is 0 Å². The molecule has 2 fully saturated rings. The van der Waals surface area contributed by atoms with Crippen LogP contribution in [0.3, 0.4) is 0 Å². The molecule has 2 saturated heterocycles. The van der Waals surface area contributed by atoms with Gasteiger partial charge in [0, 0.05) is 19.1 Å². The molecule has 82 valence electrons. The topological polar surface area (TPSA) is 35.5 Å². The average molecular weight is 198 g/mol. The predicted molar refractivity (Wildman–Crippen MR) is 57.3 cm³/mol. The molecule has 3 heteroatoms. The zero-order valence-electron chi connectivity index (χ0n) is 8.91. The van der Waals surface area contributed by atoms with Crippen LogP contribution in [-0.2, 0) is 0 Å². The Bertz CT molecular complexity index is 169. The zero-order chi connectivity index (χ0) is 9.80. The maximum Gasteiger partial charge on any atom is 0.0553 e. The molecule has 0 aromatic rings. The van der Waals surface area contributed by atoms with Crippen LogP contribution in [0, 0.1) is 0 Å². The Balaban J connectivity index is 1.83. The summed E-state index contributed by atoms with van der Waals surface area (Å²) >= 11 is 0. The summed E-state index contributed by atoms with van der Waals surface area (Å²) in [5, 5.41) is 13.0. The van der Waals surface area contributed by atoms with Gasteiger partial charge in [-0.2, -0.15) is 0 Å². The van der Waals surface area contributed by atoms with Gasteiger partial charge in [-0.1, -0.05) is 0 Å².